The summed E-state index contributed by atoms with van der Waals surface area (Å²) < 4.78 is 32.6. The minimum absolute atomic E-state index is 0.00716. The predicted molar refractivity (Wildman–Crippen MR) is 69.3 cm³/mol. The van der Waals surface area contributed by atoms with Gasteiger partial charge in [-0.1, -0.05) is 0 Å². The van der Waals surface area contributed by atoms with Crippen molar-refractivity contribution in [1.82, 2.24) is 0 Å². The Labute approximate surface area is 115 Å². The van der Waals surface area contributed by atoms with Crippen LogP contribution in [0.2, 0.25) is 0 Å². The first-order valence-electron chi connectivity index (χ1n) is 5.84. The predicted octanol–water partition coefficient (Wildman–Crippen LogP) is 0.660. The van der Waals surface area contributed by atoms with Crippen LogP contribution in [0.1, 0.15) is 17.7 Å². The maximum Gasteiger partial charge on any atom is 0.311 e. The van der Waals surface area contributed by atoms with Crippen LogP contribution < -0.4 is 5.14 Å². The van der Waals surface area contributed by atoms with Crippen LogP contribution in [0.25, 0.3) is 0 Å². The molecule has 0 spiro atoms. The molecule has 0 radical (unpaired) electrons. The first-order valence-corrected chi connectivity index (χ1v) is 8.20. The third-order valence-corrected chi connectivity index (χ3v) is 5.21. The highest BCUT2D eigenvalue weighted by Crippen LogP contribution is 2.21. The van der Waals surface area contributed by atoms with Crippen molar-refractivity contribution in [2.75, 3.05) is 13.2 Å². The Bertz CT molecular complexity index is 545. The van der Waals surface area contributed by atoms with Crippen molar-refractivity contribution < 1.29 is 22.7 Å². The van der Waals surface area contributed by atoms with Crippen LogP contribution in [-0.2, 0) is 30.7 Å². The third kappa shape index (κ3) is 4.27. The molecule has 0 saturated carbocycles. The van der Waals surface area contributed by atoms with Crippen LogP contribution in [0, 0.1) is 0 Å². The minimum Gasteiger partial charge on any atom is -0.463 e. The Morgan fingerprint density at radius 2 is 2.32 bits per heavy atom. The number of thiophene rings is 1. The average Bonchev–Trinajstić information content (AvgIpc) is 2.95. The number of hydrogen-bond donors (Lipinski definition) is 1. The maximum atomic E-state index is 11.6. The molecule has 0 bridgehead atoms. The summed E-state index contributed by atoms with van der Waals surface area (Å²) in [6, 6.07) is 2.96. The zero-order valence-electron chi connectivity index (χ0n) is 10.2. The van der Waals surface area contributed by atoms with Crippen molar-refractivity contribution in [3.8, 4) is 0 Å². The molecule has 8 heteroatoms. The minimum atomic E-state index is -3.70. The molecular formula is C11H15NO5S2. The van der Waals surface area contributed by atoms with Gasteiger partial charge >= 0.3 is 5.97 Å². The Morgan fingerprint density at radius 3 is 2.89 bits per heavy atom. The third-order valence-electron chi connectivity index (χ3n) is 2.69. The lowest BCUT2D eigenvalue weighted by Gasteiger charge is -2.09. The Balaban J connectivity index is 1.83. The van der Waals surface area contributed by atoms with Gasteiger partial charge in [0.15, 0.2) is 0 Å². The fourth-order valence-corrected chi connectivity index (χ4v) is 3.53. The number of ether oxygens (including phenoxy) is 2. The van der Waals surface area contributed by atoms with Gasteiger partial charge < -0.3 is 9.47 Å². The van der Waals surface area contributed by atoms with Crippen LogP contribution in [0.4, 0.5) is 0 Å². The SMILES string of the molecule is NS(=O)(=O)c1ccc(CC(=O)OCC2CCCO2)s1. The molecule has 1 aromatic rings. The monoisotopic (exact) mass is 305 g/mol. The van der Waals surface area contributed by atoms with E-state index in [1.807, 2.05) is 0 Å². The summed E-state index contributed by atoms with van der Waals surface area (Å²) in [6.07, 6.45) is 1.94. The van der Waals surface area contributed by atoms with Crippen molar-refractivity contribution in [3.63, 3.8) is 0 Å². The molecule has 2 N–H and O–H groups in total. The molecule has 1 aliphatic rings. The van der Waals surface area contributed by atoms with E-state index in [2.05, 4.69) is 0 Å². The first-order chi connectivity index (χ1) is 8.95. The van der Waals surface area contributed by atoms with Gasteiger partial charge in [-0.15, -0.1) is 11.3 Å². The molecule has 0 amide bonds. The summed E-state index contributed by atoms with van der Waals surface area (Å²) >= 11 is 0.981. The van der Waals surface area contributed by atoms with Crippen molar-refractivity contribution in [2.24, 2.45) is 5.14 Å². The van der Waals surface area contributed by atoms with E-state index >= 15 is 0 Å². The van der Waals surface area contributed by atoms with E-state index in [0.717, 1.165) is 24.2 Å². The zero-order valence-corrected chi connectivity index (χ0v) is 11.8. The molecule has 1 fully saturated rings. The van der Waals surface area contributed by atoms with Crippen LogP contribution in [-0.4, -0.2) is 33.7 Å². The van der Waals surface area contributed by atoms with Gasteiger partial charge in [-0.05, 0) is 25.0 Å². The van der Waals surface area contributed by atoms with E-state index in [4.69, 9.17) is 14.6 Å². The highest BCUT2D eigenvalue weighted by atomic mass is 32.2. The molecule has 1 atom stereocenters. The number of rotatable bonds is 5. The molecule has 1 aromatic heterocycles. The molecule has 19 heavy (non-hydrogen) atoms. The zero-order chi connectivity index (χ0) is 13.9. The molecule has 1 unspecified atom stereocenters. The quantitative estimate of drug-likeness (QED) is 0.806. The Morgan fingerprint density at radius 1 is 1.53 bits per heavy atom. The first kappa shape index (κ1) is 14.4. The van der Waals surface area contributed by atoms with Gasteiger partial charge in [0, 0.05) is 11.5 Å². The van der Waals surface area contributed by atoms with E-state index in [0.29, 0.717) is 11.5 Å². The van der Waals surface area contributed by atoms with E-state index in [9.17, 15) is 13.2 Å². The average molecular weight is 305 g/mol. The Hall–Kier alpha value is -0.960. The number of hydrogen-bond acceptors (Lipinski definition) is 6. The highest BCUT2D eigenvalue weighted by Gasteiger charge is 2.18. The van der Waals surface area contributed by atoms with Gasteiger partial charge in [0.2, 0.25) is 10.0 Å². The van der Waals surface area contributed by atoms with Crippen molar-refractivity contribution in [2.45, 2.75) is 29.6 Å². The highest BCUT2D eigenvalue weighted by molar-refractivity contribution is 7.91. The number of carbonyl (C=O) groups excluding carboxylic acids is 1. The summed E-state index contributed by atoms with van der Waals surface area (Å²) in [4.78, 5) is 12.2. The standard InChI is InChI=1S/C11H15NO5S2/c12-19(14,15)11-4-3-9(18-11)6-10(13)17-7-8-2-1-5-16-8/h3-4,8H,1-2,5-7H2,(H2,12,14,15). The molecule has 106 valence electrons. The molecule has 0 aliphatic carbocycles. The van der Waals surface area contributed by atoms with Crippen LogP contribution in [0.5, 0.6) is 0 Å². The van der Waals surface area contributed by atoms with Crippen molar-refractivity contribution >= 4 is 27.3 Å². The second kappa shape index (κ2) is 6.00. The number of esters is 1. The maximum absolute atomic E-state index is 11.6. The normalized spacial score (nSPS) is 19.5. The van der Waals surface area contributed by atoms with E-state index < -0.39 is 16.0 Å². The van der Waals surface area contributed by atoms with Gasteiger partial charge in [0.1, 0.15) is 10.8 Å². The second-order valence-electron chi connectivity index (χ2n) is 4.26. The van der Waals surface area contributed by atoms with Gasteiger partial charge in [-0.25, -0.2) is 13.6 Å². The fourth-order valence-electron chi connectivity index (χ4n) is 1.76. The fraction of sp³-hybridized carbons (Fsp3) is 0.545. The Kier molecular flexibility index (Phi) is 4.56. The van der Waals surface area contributed by atoms with Gasteiger partial charge in [0.05, 0.1) is 12.5 Å². The van der Waals surface area contributed by atoms with E-state index in [1.165, 1.54) is 6.07 Å². The summed E-state index contributed by atoms with van der Waals surface area (Å²) in [6.45, 7) is 0.969. The molecule has 6 nitrogen and oxygen atoms in total. The van der Waals surface area contributed by atoms with Gasteiger partial charge in [-0.3, -0.25) is 4.79 Å². The summed E-state index contributed by atoms with van der Waals surface area (Å²) in [5.41, 5.74) is 0. The lowest BCUT2D eigenvalue weighted by molar-refractivity contribution is -0.145. The molecule has 2 rings (SSSR count). The van der Waals surface area contributed by atoms with Gasteiger partial charge in [0.25, 0.3) is 0 Å². The lowest BCUT2D eigenvalue weighted by atomic mass is 10.2. The van der Waals surface area contributed by atoms with Crippen molar-refractivity contribution in [1.29, 1.82) is 0 Å². The van der Waals surface area contributed by atoms with E-state index in [-0.39, 0.29) is 23.3 Å². The molecule has 1 aliphatic heterocycles. The number of carbonyl (C=O) groups is 1. The van der Waals surface area contributed by atoms with E-state index in [1.54, 1.807) is 6.07 Å². The summed E-state index contributed by atoms with van der Waals surface area (Å²) in [5, 5.41) is 4.99. The molecule has 1 saturated heterocycles. The largest absolute Gasteiger partial charge is 0.463 e. The van der Waals surface area contributed by atoms with Gasteiger partial charge in [-0.2, -0.15) is 0 Å². The van der Waals surface area contributed by atoms with Crippen LogP contribution in [0.3, 0.4) is 0 Å². The lowest BCUT2D eigenvalue weighted by Crippen LogP contribution is -2.18. The summed E-state index contributed by atoms with van der Waals surface area (Å²) in [7, 11) is -3.70. The summed E-state index contributed by atoms with van der Waals surface area (Å²) in [5.74, 6) is -0.390. The smallest absolute Gasteiger partial charge is 0.311 e. The number of nitrogens with two attached hydrogens (primary N) is 1. The number of primary sulfonamides is 1. The topological polar surface area (TPSA) is 95.7 Å². The number of sulfonamides is 1. The van der Waals surface area contributed by atoms with Crippen LogP contribution >= 0.6 is 11.3 Å². The van der Waals surface area contributed by atoms with Crippen LogP contribution in [0.15, 0.2) is 16.3 Å². The molecule has 2 heterocycles. The van der Waals surface area contributed by atoms with Crippen molar-refractivity contribution in [3.05, 3.63) is 17.0 Å². The molecular weight excluding hydrogens is 290 g/mol. The second-order valence-corrected chi connectivity index (χ2v) is 7.22. The molecule has 0 aromatic carbocycles.